The second-order valence-corrected chi connectivity index (χ2v) is 7.60. The fourth-order valence-electron chi connectivity index (χ4n) is 4.08. The Hall–Kier alpha value is -1.46. The van der Waals surface area contributed by atoms with Crippen molar-refractivity contribution in [3.8, 4) is 5.75 Å². The Morgan fingerprint density at radius 2 is 1.89 bits per heavy atom. The second-order valence-electron chi connectivity index (χ2n) is 7.60. The van der Waals surface area contributed by atoms with E-state index < -0.39 is 11.6 Å². The van der Waals surface area contributed by atoms with Crippen LogP contribution in [0.5, 0.6) is 5.75 Å². The van der Waals surface area contributed by atoms with Crippen molar-refractivity contribution in [2.75, 3.05) is 19.8 Å². The summed E-state index contributed by atoms with van der Waals surface area (Å²) >= 11 is 0. The van der Waals surface area contributed by atoms with Crippen molar-refractivity contribution in [3.05, 3.63) is 42.0 Å². The minimum atomic E-state index is -0.868. The molecule has 0 N–H and O–H groups in total. The van der Waals surface area contributed by atoms with Crippen LogP contribution in [0.3, 0.4) is 0 Å². The molecule has 0 radical (unpaired) electrons. The van der Waals surface area contributed by atoms with E-state index in [1.807, 2.05) is 6.08 Å². The topological polar surface area (TPSA) is 27.7 Å². The Labute approximate surface area is 160 Å². The molecule has 1 aromatic carbocycles. The smallest absolute Gasteiger partial charge is 0.200 e. The zero-order chi connectivity index (χ0) is 19.2. The summed E-state index contributed by atoms with van der Waals surface area (Å²) < 4.78 is 45.3. The molecule has 1 saturated carbocycles. The maximum absolute atomic E-state index is 14.4. The molecule has 3 rings (SSSR count). The number of halogens is 2. The third-order valence-corrected chi connectivity index (χ3v) is 5.78. The van der Waals surface area contributed by atoms with Crippen molar-refractivity contribution in [2.24, 2.45) is 11.8 Å². The van der Waals surface area contributed by atoms with E-state index in [4.69, 9.17) is 14.2 Å². The molecular formula is C22H30F2O3. The first-order chi connectivity index (χ1) is 13.1. The molecule has 1 aliphatic heterocycles. The molecule has 1 saturated heterocycles. The zero-order valence-electron chi connectivity index (χ0n) is 16.1. The van der Waals surface area contributed by atoms with Crippen molar-refractivity contribution < 1.29 is 23.0 Å². The fraction of sp³-hybridized carbons (Fsp3) is 0.636. The molecule has 27 heavy (non-hydrogen) atoms. The highest BCUT2D eigenvalue weighted by Gasteiger charge is 2.28. The van der Waals surface area contributed by atoms with Gasteiger partial charge >= 0.3 is 0 Å². The maximum atomic E-state index is 14.4. The number of hydrogen-bond donors (Lipinski definition) is 0. The normalized spacial score (nSPS) is 28.7. The van der Waals surface area contributed by atoms with Crippen LogP contribution in [0.2, 0.25) is 0 Å². The molecule has 0 aromatic heterocycles. The molecule has 2 atom stereocenters. The van der Waals surface area contributed by atoms with E-state index in [-0.39, 0.29) is 18.0 Å². The fourth-order valence-corrected chi connectivity index (χ4v) is 4.08. The van der Waals surface area contributed by atoms with Crippen molar-refractivity contribution in [3.63, 3.8) is 0 Å². The van der Waals surface area contributed by atoms with Crippen LogP contribution in [0, 0.1) is 23.5 Å². The van der Waals surface area contributed by atoms with Gasteiger partial charge in [0.1, 0.15) is 0 Å². The van der Waals surface area contributed by atoms with Gasteiger partial charge in [-0.1, -0.05) is 12.1 Å². The van der Waals surface area contributed by atoms with Gasteiger partial charge in [-0.25, -0.2) is 4.39 Å². The zero-order valence-corrected chi connectivity index (χ0v) is 16.1. The molecule has 0 spiro atoms. The van der Waals surface area contributed by atoms with Crippen LogP contribution in [0.15, 0.2) is 24.8 Å². The largest absolute Gasteiger partial charge is 0.491 e. The molecule has 1 aromatic rings. The summed E-state index contributed by atoms with van der Waals surface area (Å²) in [5.41, 5.74) is 0.474. The molecule has 1 heterocycles. The van der Waals surface area contributed by atoms with Crippen molar-refractivity contribution in [1.29, 1.82) is 0 Å². The summed E-state index contributed by atoms with van der Waals surface area (Å²) in [6.07, 6.45) is 7.41. The van der Waals surface area contributed by atoms with Gasteiger partial charge in [-0.05, 0) is 68.9 Å². The van der Waals surface area contributed by atoms with Gasteiger partial charge in [-0.2, -0.15) is 4.39 Å². The lowest BCUT2D eigenvalue weighted by Crippen LogP contribution is -2.29. The van der Waals surface area contributed by atoms with E-state index in [9.17, 15) is 8.78 Å². The Morgan fingerprint density at radius 3 is 2.52 bits per heavy atom. The third kappa shape index (κ3) is 5.08. The minimum absolute atomic E-state index is 0.00740. The van der Waals surface area contributed by atoms with E-state index in [1.54, 1.807) is 19.1 Å². The van der Waals surface area contributed by atoms with Gasteiger partial charge in [-0.15, -0.1) is 6.58 Å². The van der Waals surface area contributed by atoms with Crippen LogP contribution in [0.25, 0.3) is 0 Å². The highest BCUT2D eigenvalue weighted by Crippen LogP contribution is 2.39. The monoisotopic (exact) mass is 380 g/mol. The summed E-state index contributed by atoms with van der Waals surface area (Å²) in [4.78, 5) is 0. The van der Waals surface area contributed by atoms with Gasteiger partial charge < -0.3 is 14.2 Å². The first-order valence-corrected chi connectivity index (χ1v) is 10.1. The Kier molecular flexibility index (Phi) is 7.25. The highest BCUT2D eigenvalue weighted by atomic mass is 19.2. The van der Waals surface area contributed by atoms with Gasteiger partial charge in [0.25, 0.3) is 0 Å². The van der Waals surface area contributed by atoms with Crippen molar-refractivity contribution in [2.45, 2.75) is 57.7 Å². The summed E-state index contributed by atoms with van der Waals surface area (Å²) in [6.45, 7) is 7.24. The Bertz CT molecular complexity index is 618. The van der Waals surface area contributed by atoms with Crippen LogP contribution in [0.1, 0.15) is 56.9 Å². The van der Waals surface area contributed by atoms with Gasteiger partial charge in [0.05, 0.1) is 19.8 Å². The number of ether oxygens (including phenoxy) is 3. The first-order valence-electron chi connectivity index (χ1n) is 10.1. The molecule has 5 heteroatoms. The molecule has 3 nitrogen and oxygen atoms in total. The molecule has 150 valence electrons. The quantitative estimate of drug-likeness (QED) is 0.577. The Balaban J connectivity index is 1.46. The van der Waals surface area contributed by atoms with Crippen LogP contribution in [-0.4, -0.2) is 26.1 Å². The van der Waals surface area contributed by atoms with Crippen LogP contribution in [-0.2, 0) is 9.47 Å². The van der Waals surface area contributed by atoms with Crippen LogP contribution >= 0.6 is 0 Å². The van der Waals surface area contributed by atoms with Gasteiger partial charge in [-0.3, -0.25) is 0 Å². The number of benzene rings is 1. The van der Waals surface area contributed by atoms with E-state index in [0.29, 0.717) is 37.2 Å². The summed E-state index contributed by atoms with van der Waals surface area (Å²) in [6, 6.07) is 3.22. The molecule has 0 bridgehead atoms. The van der Waals surface area contributed by atoms with E-state index >= 15 is 0 Å². The maximum Gasteiger partial charge on any atom is 0.200 e. The molecule has 2 unspecified atom stereocenters. The molecule has 1 aliphatic carbocycles. The van der Waals surface area contributed by atoms with Gasteiger partial charge in [0.15, 0.2) is 17.9 Å². The molecular weight excluding hydrogens is 350 g/mol. The average molecular weight is 380 g/mol. The summed E-state index contributed by atoms with van der Waals surface area (Å²) in [7, 11) is 0. The first kappa shape index (κ1) is 20.3. The third-order valence-electron chi connectivity index (χ3n) is 5.78. The molecule has 2 fully saturated rings. The van der Waals surface area contributed by atoms with Crippen LogP contribution < -0.4 is 4.74 Å². The minimum Gasteiger partial charge on any atom is -0.491 e. The standard InChI is InChI=1S/C22H30F2O3/c1-3-15-7-12-20(26-13-15)27-14-16-5-8-17(9-6-16)18-10-11-19(25-4-2)22(24)21(18)23/h3,10-11,15-17,20H,1,4-9,12-14H2,2H3. The summed E-state index contributed by atoms with van der Waals surface area (Å²) in [5, 5.41) is 0. The Morgan fingerprint density at radius 1 is 1.11 bits per heavy atom. The van der Waals surface area contributed by atoms with E-state index in [1.165, 1.54) is 0 Å². The molecule has 0 amide bonds. The molecule has 2 aliphatic rings. The van der Waals surface area contributed by atoms with Gasteiger partial charge in [0, 0.05) is 5.92 Å². The van der Waals surface area contributed by atoms with Crippen molar-refractivity contribution in [1.82, 2.24) is 0 Å². The lowest BCUT2D eigenvalue weighted by atomic mass is 9.79. The predicted octanol–water partition coefficient (Wildman–Crippen LogP) is 5.59. The highest BCUT2D eigenvalue weighted by molar-refractivity contribution is 5.33. The second kappa shape index (κ2) is 9.65. The SMILES string of the molecule is C=CC1CCC(OCC2CCC(c3ccc(OCC)c(F)c3F)CC2)OC1. The lowest BCUT2D eigenvalue weighted by Gasteiger charge is -2.32. The average Bonchev–Trinajstić information content (AvgIpc) is 2.71. The summed E-state index contributed by atoms with van der Waals surface area (Å²) in [5.74, 6) is -0.680. The lowest BCUT2D eigenvalue weighted by molar-refractivity contribution is -0.178. The van der Waals surface area contributed by atoms with Crippen LogP contribution in [0.4, 0.5) is 8.78 Å². The van der Waals surface area contributed by atoms with Crippen molar-refractivity contribution >= 4 is 0 Å². The van der Waals surface area contributed by atoms with E-state index in [0.717, 1.165) is 38.5 Å². The van der Waals surface area contributed by atoms with E-state index in [2.05, 4.69) is 6.58 Å². The van der Waals surface area contributed by atoms with Gasteiger partial charge in [0.2, 0.25) is 5.82 Å². The predicted molar refractivity (Wildman–Crippen MR) is 101 cm³/mol. The number of rotatable bonds is 7. The number of hydrogen-bond acceptors (Lipinski definition) is 3.